The first-order valence-corrected chi connectivity index (χ1v) is 10.8. The van der Waals surface area contributed by atoms with Gasteiger partial charge in [0.2, 0.25) is 11.8 Å². The average Bonchev–Trinajstić information content (AvgIpc) is 2.77. The molecule has 3 aromatic rings. The first kappa shape index (κ1) is 24.1. The molecular formula is C22H21F2N5O3S. The van der Waals surface area contributed by atoms with Gasteiger partial charge < -0.3 is 10.6 Å². The number of hydrogen-bond donors (Lipinski definition) is 3. The van der Waals surface area contributed by atoms with Crippen LogP contribution in [-0.4, -0.2) is 32.2 Å². The Kier molecular flexibility index (Phi) is 7.54. The van der Waals surface area contributed by atoms with Crippen LogP contribution in [0.2, 0.25) is 0 Å². The van der Waals surface area contributed by atoms with Gasteiger partial charge in [0.1, 0.15) is 11.6 Å². The maximum atomic E-state index is 13.8. The Balaban J connectivity index is 1.76. The minimum Gasteiger partial charge on any atom is -0.325 e. The molecule has 0 unspecified atom stereocenters. The largest absolute Gasteiger partial charge is 0.325 e. The third kappa shape index (κ3) is 6.01. The molecule has 3 N–H and O–H groups in total. The van der Waals surface area contributed by atoms with Crippen LogP contribution >= 0.6 is 11.8 Å². The first-order chi connectivity index (χ1) is 15.7. The molecule has 0 bridgehead atoms. The fourth-order valence-electron chi connectivity index (χ4n) is 2.68. The van der Waals surface area contributed by atoms with Gasteiger partial charge in [-0.05, 0) is 25.1 Å². The van der Waals surface area contributed by atoms with Gasteiger partial charge >= 0.3 is 0 Å². The Morgan fingerprint density at radius 1 is 0.970 bits per heavy atom. The number of anilines is 2. The van der Waals surface area contributed by atoms with E-state index < -0.39 is 28.4 Å². The zero-order chi connectivity index (χ0) is 24.1. The van der Waals surface area contributed by atoms with Gasteiger partial charge in [-0.3, -0.25) is 19.4 Å². The van der Waals surface area contributed by atoms with Gasteiger partial charge in [-0.25, -0.2) is 8.78 Å². The second-order valence-electron chi connectivity index (χ2n) is 7.37. The van der Waals surface area contributed by atoms with Crippen molar-refractivity contribution in [2.24, 2.45) is 5.92 Å². The van der Waals surface area contributed by atoms with E-state index in [1.54, 1.807) is 38.1 Å². The number of amides is 2. The van der Waals surface area contributed by atoms with Crippen molar-refractivity contribution in [1.29, 1.82) is 0 Å². The highest BCUT2D eigenvalue weighted by molar-refractivity contribution is 8.00. The van der Waals surface area contributed by atoms with Crippen molar-refractivity contribution in [3.63, 3.8) is 0 Å². The SMILES string of the molecule is CC(C)C(=O)Nc1ccccc1-c1nnc(S[C@@H](C)C(=O)Nc2cc(F)ccc2F)[nH]c1=O. The second-order valence-corrected chi connectivity index (χ2v) is 8.70. The molecule has 2 aromatic carbocycles. The molecule has 3 rings (SSSR count). The summed E-state index contributed by atoms with van der Waals surface area (Å²) in [5.74, 6) is -2.55. The molecule has 1 aromatic heterocycles. The third-order valence-corrected chi connectivity index (χ3v) is 5.46. The Bertz CT molecular complexity index is 1250. The van der Waals surface area contributed by atoms with Crippen LogP contribution in [0.15, 0.2) is 52.4 Å². The van der Waals surface area contributed by atoms with E-state index in [2.05, 4.69) is 25.8 Å². The fourth-order valence-corrected chi connectivity index (χ4v) is 3.42. The highest BCUT2D eigenvalue weighted by atomic mass is 32.2. The van der Waals surface area contributed by atoms with Crippen LogP contribution < -0.4 is 16.2 Å². The number of carbonyl (C=O) groups is 2. The number of aromatic amines is 1. The Morgan fingerprint density at radius 3 is 2.36 bits per heavy atom. The highest BCUT2D eigenvalue weighted by Gasteiger charge is 2.20. The van der Waals surface area contributed by atoms with Crippen LogP contribution in [0.5, 0.6) is 0 Å². The predicted octanol–water partition coefficient (Wildman–Crippen LogP) is 3.82. The number of halogens is 2. The van der Waals surface area contributed by atoms with Gasteiger partial charge in [-0.15, -0.1) is 10.2 Å². The van der Waals surface area contributed by atoms with Gasteiger partial charge in [0.25, 0.3) is 5.56 Å². The van der Waals surface area contributed by atoms with Crippen molar-refractivity contribution in [2.75, 3.05) is 10.6 Å². The molecule has 0 aliphatic heterocycles. The Morgan fingerprint density at radius 2 is 1.67 bits per heavy atom. The van der Waals surface area contributed by atoms with Crippen molar-refractivity contribution in [3.8, 4) is 11.3 Å². The van der Waals surface area contributed by atoms with E-state index >= 15 is 0 Å². The lowest BCUT2D eigenvalue weighted by Crippen LogP contribution is -2.24. The van der Waals surface area contributed by atoms with Crippen LogP contribution in [-0.2, 0) is 9.59 Å². The normalized spacial score (nSPS) is 11.8. The second kappa shape index (κ2) is 10.3. The number of carbonyl (C=O) groups excluding carboxylic acids is 2. The molecule has 0 aliphatic carbocycles. The quantitative estimate of drug-likeness (QED) is 0.449. The summed E-state index contributed by atoms with van der Waals surface area (Å²) < 4.78 is 27.1. The molecule has 0 saturated carbocycles. The molecule has 0 aliphatic rings. The topological polar surface area (TPSA) is 117 Å². The summed E-state index contributed by atoms with van der Waals surface area (Å²) >= 11 is 0.891. The Labute approximate surface area is 192 Å². The van der Waals surface area contributed by atoms with Crippen LogP contribution in [0.3, 0.4) is 0 Å². The monoisotopic (exact) mass is 473 g/mol. The molecule has 11 heteroatoms. The average molecular weight is 474 g/mol. The summed E-state index contributed by atoms with van der Waals surface area (Å²) in [7, 11) is 0. The van der Waals surface area contributed by atoms with Crippen LogP contribution in [0, 0.1) is 17.6 Å². The van der Waals surface area contributed by atoms with E-state index in [0.717, 1.165) is 30.0 Å². The molecule has 1 heterocycles. The molecule has 0 fully saturated rings. The Hall–Kier alpha value is -3.60. The number of hydrogen-bond acceptors (Lipinski definition) is 6. The fraction of sp³-hybridized carbons (Fsp3) is 0.227. The van der Waals surface area contributed by atoms with E-state index in [4.69, 9.17) is 0 Å². The van der Waals surface area contributed by atoms with Crippen LogP contribution in [0.1, 0.15) is 20.8 Å². The molecular weight excluding hydrogens is 452 g/mol. The number of H-pyrrole nitrogens is 1. The van der Waals surface area contributed by atoms with Crippen molar-refractivity contribution >= 4 is 35.0 Å². The number of nitrogens with one attached hydrogen (secondary N) is 3. The van der Waals surface area contributed by atoms with E-state index in [0.29, 0.717) is 11.3 Å². The van der Waals surface area contributed by atoms with E-state index in [-0.39, 0.29) is 28.4 Å². The number of rotatable bonds is 7. The van der Waals surface area contributed by atoms with Crippen molar-refractivity contribution in [1.82, 2.24) is 15.2 Å². The zero-order valence-corrected chi connectivity index (χ0v) is 18.8. The minimum atomic E-state index is -0.805. The lowest BCUT2D eigenvalue weighted by Gasteiger charge is -2.13. The summed E-state index contributed by atoms with van der Waals surface area (Å²) in [6.07, 6.45) is 0. The van der Waals surface area contributed by atoms with Gasteiger partial charge in [0.05, 0.1) is 16.6 Å². The molecule has 8 nitrogen and oxygen atoms in total. The van der Waals surface area contributed by atoms with Gasteiger partial charge in [-0.2, -0.15) is 0 Å². The molecule has 172 valence electrons. The molecule has 1 atom stereocenters. The summed E-state index contributed by atoms with van der Waals surface area (Å²) in [5.41, 5.74) is -0.0478. The zero-order valence-electron chi connectivity index (χ0n) is 18.0. The summed E-state index contributed by atoms with van der Waals surface area (Å²) in [5, 5.41) is 12.3. The van der Waals surface area contributed by atoms with Crippen LogP contribution in [0.25, 0.3) is 11.3 Å². The maximum Gasteiger partial charge on any atom is 0.278 e. The number of thioether (sulfide) groups is 1. The molecule has 0 radical (unpaired) electrons. The van der Waals surface area contributed by atoms with Crippen LogP contribution in [0.4, 0.5) is 20.2 Å². The molecule has 33 heavy (non-hydrogen) atoms. The summed E-state index contributed by atoms with van der Waals surface area (Å²) in [6.45, 7) is 5.01. The first-order valence-electron chi connectivity index (χ1n) is 9.95. The van der Waals surface area contributed by atoms with Gasteiger partial charge in [-0.1, -0.05) is 43.8 Å². The predicted molar refractivity (Wildman–Crippen MR) is 122 cm³/mol. The van der Waals surface area contributed by atoms with Crippen molar-refractivity contribution in [2.45, 2.75) is 31.2 Å². The van der Waals surface area contributed by atoms with E-state index in [1.165, 1.54) is 6.92 Å². The highest BCUT2D eigenvalue weighted by Crippen LogP contribution is 2.25. The number of aromatic nitrogens is 3. The third-order valence-electron chi connectivity index (χ3n) is 4.48. The van der Waals surface area contributed by atoms with Gasteiger partial charge in [0.15, 0.2) is 10.9 Å². The maximum absolute atomic E-state index is 13.8. The summed E-state index contributed by atoms with van der Waals surface area (Å²) in [4.78, 5) is 39.6. The standard InChI is InChI=1S/C22H21F2N5O3S/c1-11(2)19(30)25-16-7-5-4-6-14(16)18-21(32)27-22(29-28-18)33-12(3)20(31)26-17-10-13(23)8-9-15(17)24/h4-12H,1-3H3,(H,25,30)(H,26,31)(H,27,29,32)/t12-/m0/s1. The lowest BCUT2D eigenvalue weighted by atomic mass is 10.1. The van der Waals surface area contributed by atoms with E-state index in [9.17, 15) is 23.2 Å². The number of nitrogens with zero attached hydrogens (tertiary/aromatic N) is 2. The summed E-state index contributed by atoms with van der Waals surface area (Å²) in [6, 6.07) is 9.41. The number of para-hydroxylation sites is 1. The van der Waals surface area contributed by atoms with Crippen molar-refractivity contribution in [3.05, 3.63) is 64.5 Å². The van der Waals surface area contributed by atoms with Crippen molar-refractivity contribution < 1.29 is 18.4 Å². The molecule has 0 saturated heterocycles. The molecule has 2 amide bonds. The smallest absolute Gasteiger partial charge is 0.278 e. The van der Waals surface area contributed by atoms with Gasteiger partial charge in [0, 0.05) is 17.5 Å². The lowest BCUT2D eigenvalue weighted by molar-refractivity contribution is -0.119. The number of benzene rings is 2. The van der Waals surface area contributed by atoms with E-state index in [1.807, 2.05) is 0 Å². The molecule has 0 spiro atoms. The minimum absolute atomic E-state index is 0.00191.